The topological polar surface area (TPSA) is 93.8 Å². The summed E-state index contributed by atoms with van der Waals surface area (Å²) in [6, 6.07) is 1.43. The number of hydrogen-bond donors (Lipinski definition) is 1. The maximum atomic E-state index is 13.5. The lowest BCUT2D eigenvalue weighted by molar-refractivity contribution is -0.141. The molecule has 0 fully saturated rings. The van der Waals surface area contributed by atoms with Crippen molar-refractivity contribution >= 4 is 5.97 Å². The summed E-state index contributed by atoms with van der Waals surface area (Å²) >= 11 is 0. The normalized spacial score (nSPS) is 12.3. The van der Waals surface area contributed by atoms with Gasteiger partial charge in [-0.2, -0.15) is 0 Å². The van der Waals surface area contributed by atoms with Crippen LogP contribution in [0.5, 0.6) is 0 Å². The van der Waals surface area contributed by atoms with Crippen LogP contribution in [0.15, 0.2) is 18.5 Å². The maximum absolute atomic E-state index is 13.5. The predicted octanol–water partition coefficient (Wildman–Crippen LogP) is 0.595. The molecule has 2 rings (SSSR count). The smallest absolute Gasteiger partial charge is 0.308 e. The van der Waals surface area contributed by atoms with Gasteiger partial charge in [-0.15, -0.1) is 5.10 Å². The average molecular weight is 251 g/mol. The van der Waals surface area contributed by atoms with Crippen molar-refractivity contribution < 1.29 is 14.3 Å². The third kappa shape index (κ3) is 2.31. The highest BCUT2D eigenvalue weighted by Crippen LogP contribution is 2.19. The first kappa shape index (κ1) is 12.1. The molecule has 2 aromatic heterocycles. The lowest BCUT2D eigenvalue weighted by Crippen LogP contribution is -2.18. The third-order valence-electron chi connectivity index (χ3n) is 2.41. The van der Waals surface area contributed by atoms with E-state index in [0.717, 1.165) is 6.20 Å². The predicted molar refractivity (Wildman–Crippen MR) is 57.8 cm³/mol. The molecule has 1 unspecified atom stereocenters. The van der Waals surface area contributed by atoms with E-state index in [1.165, 1.54) is 23.9 Å². The molecule has 2 heterocycles. The van der Waals surface area contributed by atoms with Crippen LogP contribution in [0.25, 0.3) is 11.4 Å². The Labute approximate surface area is 101 Å². The Hall–Kier alpha value is -2.38. The lowest BCUT2D eigenvalue weighted by Gasteiger charge is -2.08. The number of tetrazole rings is 1. The summed E-state index contributed by atoms with van der Waals surface area (Å²) in [6.45, 7) is 1.59. The van der Waals surface area contributed by atoms with Crippen LogP contribution in [0.2, 0.25) is 0 Å². The fraction of sp³-hybridized carbons (Fsp3) is 0.300. The van der Waals surface area contributed by atoms with Gasteiger partial charge in [-0.25, -0.2) is 9.07 Å². The zero-order chi connectivity index (χ0) is 13.1. The van der Waals surface area contributed by atoms with Crippen molar-refractivity contribution in [2.75, 3.05) is 0 Å². The monoisotopic (exact) mass is 251 g/mol. The number of halogens is 1. The number of carbonyl (C=O) groups is 1. The van der Waals surface area contributed by atoms with Crippen molar-refractivity contribution in [2.24, 2.45) is 5.92 Å². The lowest BCUT2D eigenvalue weighted by atomic mass is 10.2. The van der Waals surface area contributed by atoms with Crippen molar-refractivity contribution in [3.63, 3.8) is 0 Å². The minimum absolute atomic E-state index is 0.0689. The molecule has 0 saturated carbocycles. The second-order valence-electron chi connectivity index (χ2n) is 3.78. The number of carboxylic acid groups (broad SMARTS) is 1. The molecule has 8 heteroatoms. The van der Waals surface area contributed by atoms with Crippen LogP contribution in [-0.4, -0.2) is 36.3 Å². The SMILES string of the molecule is CC(Cn1nnnc1-c1ccncc1F)C(=O)O. The van der Waals surface area contributed by atoms with Crippen LogP contribution < -0.4 is 0 Å². The van der Waals surface area contributed by atoms with Gasteiger partial charge in [0.2, 0.25) is 0 Å². The minimum atomic E-state index is -0.966. The molecule has 0 aliphatic heterocycles. The molecule has 0 aliphatic carbocycles. The maximum Gasteiger partial charge on any atom is 0.308 e. The highest BCUT2D eigenvalue weighted by molar-refractivity contribution is 5.69. The van der Waals surface area contributed by atoms with E-state index in [-0.39, 0.29) is 17.9 Å². The van der Waals surface area contributed by atoms with Crippen LogP contribution >= 0.6 is 0 Å². The average Bonchev–Trinajstić information content (AvgIpc) is 2.77. The van der Waals surface area contributed by atoms with Crippen LogP contribution in [0.3, 0.4) is 0 Å². The summed E-state index contributed by atoms with van der Waals surface area (Å²) in [4.78, 5) is 14.4. The summed E-state index contributed by atoms with van der Waals surface area (Å²) in [5.74, 6) is -2.01. The molecule has 0 aliphatic rings. The molecule has 0 radical (unpaired) electrons. The van der Waals surface area contributed by atoms with Gasteiger partial charge >= 0.3 is 5.97 Å². The molecule has 0 bridgehead atoms. The van der Waals surface area contributed by atoms with Crippen molar-refractivity contribution in [1.82, 2.24) is 25.2 Å². The Kier molecular flexibility index (Phi) is 3.26. The van der Waals surface area contributed by atoms with Gasteiger partial charge in [0.25, 0.3) is 0 Å². The molecular formula is C10H10FN5O2. The Morgan fingerprint density at radius 2 is 2.39 bits per heavy atom. The number of aromatic nitrogens is 5. The zero-order valence-corrected chi connectivity index (χ0v) is 9.49. The molecule has 0 amide bonds. The molecule has 7 nitrogen and oxygen atoms in total. The molecule has 0 saturated heterocycles. The number of pyridine rings is 1. The van der Waals surface area contributed by atoms with Gasteiger partial charge < -0.3 is 5.11 Å². The van der Waals surface area contributed by atoms with Crippen molar-refractivity contribution in [2.45, 2.75) is 13.5 Å². The van der Waals surface area contributed by atoms with E-state index in [0.29, 0.717) is 0 Å². The standard InChI is InChI=1S/C10H10FN5O2/c1-6(10(17)18)5-16-9(13-14-15-16)7-2-3-12-4-8(7)11/h2-4,6H,5H2,1H3,(H,17,18). The summed E-state index contributed by atoms with van der Waals surface area (Å²) in [7, 11) is 0. The quantitative estimate of drug-likeness (QED) is 0.854. The fourth-order valence-corrected chi connectivity index (χ4v) is 1.41. The largest absolute Gasteiger partial charge is 0.481 e. The van der Waals surface area contributed by atoms with Crippen LogP contribution in [0, 0.1) is 11.7 Å². The number of nitrogens with zero attached hydrogens (tertiary/aromatic N) is 5. The first-order valence-electron chi connectivity index (χ1n) is 5.18. The van der Waals surface area contributed by atoms with Gasteiger partial charge in [0.15, 0.2) is 11.6 Å². The van der Waals surface area contributed by atoms with Crippen LogP contribution in [-0.2, 0) is 11.3 Å². The van der Waals surface area contributed by atoms with E-state index in [1.54, 1.807) is 0 Å². The van der Waals surface area contributed by atoms with Crippen molar-refractivity contribution in [3.8, 4) is 11.4 Å². The fourth-order valence-electron chi connectivity index (χ4n) is 1.41. The molecule has 1 atom stereocenters. The molecular weight excluding hydrogens is 241 g/mol. The number of aliphatic carboxylic acids is 1. The molecule has 0 aromatic carbocycles. The summed E-state index contributed by atoms with van der Waals surface area (Å²) in [5.41, 5.74) is 0.188. The highest BCUT2D eigenvalue weighted by Gasteiger charge is 2.18. The van der Waals surface area contributed by atoms with E-state index < -0.39 is 17.7 Å². The molecule has 1 N–H and O–H groups in total. The number of hydrogen-bond acceptors (Lipinski definition) is 5. The second-order valence-corrected chi connectivity index (χ2v) is 3.78. The summed E-state index contributed by atoms with van der Waals surface area (Å²) in [6.07, 6.45) is 2.47. The molecule has 2 aromatic rings. The van der Waals surface area contributed by atoms with Crippen LogP contribution in [0.1, 0.15) is 6.92 Å². The minimum Gasteiger partial charge on any atom is -0.481 e. The van der Waals surface area contributed by atoms with E-state index >= 15 is 0 Å². The van der Waals surface area contributed by atoms with Crippen LogP contribution in [0.4, 0.5) is 4.39 Å². The van der Waals surface area contributed by atoms with Crippen molar-refractivity contribution in [3.05, 3.63) is 24.3 Å². The first-order valence-corrected chi connectivity index (χ1v) is 5.18. The highest BCUT2D eigenvalue weighted by atomic mass is 19.1. The Balaban J connectivity index is 2.34. The first-order chi connectivity index (χ1) is 8.59. The summed E-state index contributed by atoms with van der Waals surface area (Å²) < 4.78 is 14.8. The molecule has 18 heavy (non-hydrogen) atoms. The zero-order valence-electron chi connectivity index (χ0n) is 9.49. The van der Waals surface area contributed by atoms with E-state index in [4.69, 9.17) is 5.11 Å². The van der Waals surface area contributed by atoms with E-state index in [2.05, 4.69) is 20.5 Å². The second kappa shape index (κ2) is 4.86. The van der Waals surface area contributed by atoms with Gasteiger partial charge in [0.1, 0.15) is 0 Å². The molecule has 0 spiro atoms. The third-order valence-corrected chi connectivity index (χ3v) is 2.41. The summed E-state index contributed by atoms with van der Waals surface area (Å²) in [5, 5.41) is 19.6. The van der Waals surface area contributed by atoms with Crippen molar-refractivity contribution in [1.29, 1.82) is 0 Å². The Morgan fingerprint density at radius 1 is 1.61 bits per heavy atom. The number of rotatable bonds is 4. The van der Waals surface area contributed by atoms with Gasteiger partial charge in [-0.3, -0.25) is 9.78 Å². The van der Waals surface area contributed by atoms with Gasteiger partial charge in [-0.1, -0.05) is 6.92 Å². The van der Waals surface area contributed by atoms with Gasteiger partial charge in [0, 0.05) is 6.20 Å². The van der Waals surface area contributed by atoms with Gasteiger partial charge in [-0.05, 0) is 16.5 Å². The number of carboxylic acids is 1. The van der Waals surface area contributed by atoms with E-state index in [1.807, 2.05) is 0 Å². The molecule has 94 valence electrons. The van der Waals surface area contributed by atoms with E-state index in [9.17, 15) is 9.18 Å². The Bertz CT molecular complexity index is 571. The van der Waals surface area contributed by atoms with Gasteiger partial charge in [0.05, 0.1) is 24.2 Å². The Morgan fingerprint density at radius 3 is 3.06 bits per heavy atom.